The maximum Gasteiger partial charge on any atom is 0.143 e. The average Bonchev–Trinajstić information content (AvgIpc) is 2.68. The van der Waals surface area contributed by atoms with Crippen LogP contribution < -0.4 is 10.5 Å². The third-order valence-electron chi connectivity index (χ3n) is 4.39. The SMILES string of the molecule is N#Cc1c(N)nc(SCCC2CCO2)c(C#N)c1-c1ccc(OCCO)cc1. The molecule has 3 rings (SSSR count). The normalized spacial score (nSPS) is 15.3. The lowest BCUT2D eigenvalue weighted by atomic mass is 9.97. The summed E-state index contributed by atoms with van der Waals surface area (Å²) in [6.07, 6.45) is 2.22. The van der Waals surface area contributed by atoms with Crippen LogP contribution in [-0.4, -0.2) is 41.8 Å². The molecule has 0 amide bonds. The van der Waals surface area contributed by atoms with Crippen molar-refractivity contribution in [3.63, 3.8) is 0 Å². The highest BCUT2D eigenvalue weighted by molar-refractivity contribution is 7.99. The van der Waals surface area contributed by atoms with Crippen molar-refractivity contribution in [2.75, 3.05) is 31.3 Å². The number of aromatic nitrogens is 1. The van der Waals surface area contributed by atoms with Gasteiger partial charge < -0.3 is 20.3 Å². The standard InChI is InChI=1S/C20H20N4O3S/c21-11-16-18(13-1-3-14(4-2-13)27-9-7-25)17(12-22)20(24-19(16)23)28-10-6-15-5-8-26-15/h1-4,15,25H,5-10H2,(H2,23,24). The van der Waals surface area contributed by atoms with E-state index in [1.807, 2.05) is 0 Å². The van der Waals surface area contributed by atoms with Crippen LogP contribution in [0.4, 0.5) is 5.82 Å². The highest BCUT2D eigenvalue weighted by Gasteiger charge is 2.22. The fraction of sp³-hybridized carbons (Fsp3) is 0.350. The molecule has 2 aromatic rings. The third kappa shape index (κ3) is 4.37. The van der Waals surface area contributed by atoms with Crippen molar-refractivity contribution in [2.45, 2.75) is 24.0 Å². The number of hydrogen-bond donors (Lipinski definition) is 2. The first kappa shape index (κ1) is 20.0. The van der Waals surface area contributed by atoms with E-state index in [4.69, 9.17) is 20.3 Å². The summed E-state index contributed by atoms with van der Waals surface area (Å²) < 4.78 is 10.8. The molecule has 1 unspecified atom stereocenters. The summed E-state index contributed by atoms with van der Waals surface area (Å²) in [5.41, 5.74) is 7.72. The van der Waals surface area contributed by atoms with E-state index < -0.39 is 0 Å². The van der Waals surface area contributed by atoms with Gasteiger partial charge >= 0.3 is 0 Å². The van der Waals surface area contributed by atoms with Crippen molar-refractivity contribution < 1.29 is 14.6 Å². The van der Waals surface area contributed by atoms with Gasteiger partial charge in [0.25, 0.3) is 0 Å². The average molecular weight is 396 g/mol. The number of benzene rings is 1. The van der Waals surface area contributed by atoms with Crippen LogP contribution in [0.15, 0.2) is 29.3 Å². The molecule has 1 atom stereocenters. The predicted molar refractivity (Wildman–Crippen MR) is 106 cm³/mol. The molecule has 8 heteroatoms. The zero-order valence-corrected chi connectivity index (χ0v) is 16.0. The second kappa shape index (κ2) is 9.43. The molecule has 1 saturated heterocycles. The van der Waals surface area contributed by atoms with Gasteiger partial charge in [0, 0.05) is 17.9 Å². The molecule has 1 aromatic carbocycles. The number of nitrogens with zero attached hydrogens (tertiary/aromatic N) is 3. The Morgan fingerprint density at radius 3 is 2.54 bits per heavy atom. The first-order valence-electron chi connectivity index (χ1n) is 8.90. The molecule has 0 bridgehead atoms. The van der Waals surface area contributed by atoms with Gasteiger partial charge in [0.1, 0.15) is 40.9 Å². The zero-order valence-electron chi connectivity index (χ0n) is 15.2. The van der Waals surface area contributed by atoms with Gasteiger partial charge in [-0.3, -0.25) is 0 Å². The Bertz CT molecular complexity index is 915. The molecular weight excluding hydrogens is 376 g/mol. The first-order chi connectivity index (χ1) is 13.7. The van der Waals surface area contributed by atoms with Crippen LogP contribution in [0.3, 0.4) is 0 Å². The number of nitrogen functional groups attached to an aromatic ring is 1. The van der Waals surface area contributed by atoms with E-state index in [-0.39, 0.29) is 30.7 Å². The topological polar surface area (TPSA) is 125 Å². The molecule has 144 valence electrons. The second-order valence-corrected chi connectivity index (χ2v) is 7.25. The minimum atomic E-state index is -0.0771. The smallest absolute Gasteiger partial charge is 0.143 e. The molecule has 0 saturated carbocycles. The Kier molecular flexibility index (Phi) is 6.72. The van der Waals surface area contributed by atoms with E-state index >= 15 is 0 Å². The van der Waals surface area contributed by atoms with Crippen molar-refractivity contribution in [1.82, 2.24) is 4.98 Å². The molecule has 28 heavy (non-hydrogen) atoms. The van der Waals surface area contributed by atoms with Crippen LogP contribution in [-0.2, 0) is 4.74 Å². The number of pyridine rings is 1. The summed E-state index contributed by atoms with van der Waals surface area (Å²) in [7, 11) is 0. The van der Waals surface area contributed by atoms with E-state index in [1.54, 1.807) is 24.3 Å². The number of anilines is 1. The van der Waals surface area contributed by atoms with Crippen LogP contribution >= 0.6 is 11.8 Å². The molecule has 1 aliphatic rings. The number of aliphatic hydroxyl groups excluding tert-OH is 1. The maximum absolute atomic E-state index is 9.78. The van der Waals surface area contributed by atoms with E-state index in [9.17, 15) is 10.5 Å². The summed E-state index contributed by atoms with van der Waals surface area (Å²) in [5, 5.41) is 28.7. The molecule has 1 fully saturated rings. The Labute approximate surface area is 167 Å². The fourth-order valence-corrected chi connectivity index (χ4v) is 3.90. The van der Waals surface area contributed by atoms with Gasteiger partial charge in [-0.25, -0.2) is 4.98 Å². The molecule has 0 radical (unpaired) electrons. The van der Waals surface area contributed by atoms with Gasteiger partial charge in [0.05, 0.1) is 18.3 Å². The molecule has 0 aliphatic carbocycles. The molecular formula is C20H20N4O3S. The van der Waals surface area contributed by atoms with Gasteiger partial charge in [-0.2, -0.15) is 10.5 Å². The molecule has 7 nitrogen and oxygen atoms in total. The lowest BCUT2D eigenvalue weighted by Crippen LogP contribution is -2.27. The number of rotatable bonds is 8. The van der Waals surface area contributed by atoms with Gasteiger partial charge in [-0.05, 0) is 30.5 Å². The predicted octanol–water partition coefficient (Wildman–Crippen LogP) is 2.72. The minimum Gasteiger partial charge on any atom is -0.491 e. The van der Waals surface area contributed by atoms with E-state index in [0.29, 0.717) is 27.5 Å². The van der Waals surface area contributed by atoms with Crippen molar-refractivity contribution in [1.29, 1.82) is 10.5 Å². The third-order valence-corrected chi connectivity index (χ3v) is 5.40. The summed E-state index contributed by atoms with van der Waals surface area (Å²) in [5.74, 6) is 1.46. The van der Waals surface area contributed by atoms with Gasteiger partial charge in [0.15, 0.2) is 0 Å². The Morgan fingerprint density at radius 1 is 1.25 bits per heavy atom. The molecule has 0 spiro atoms. The monoisotopic (exact) mass is 396 g/mol. The van der Waals surface area contributed by atoms with E-state index in [1.165, 1.54) is 11.8 Å². The second-order valence-electron chi connectivity index (χ2n) is 6.17. The fourth-order valence-electron chi connectivity index (χ4n) is 2.87. The van der Waals surface area contributed by atoms with Crippen molar-refractivity contribution >= 4 is 17.6 Å². The highest BCUT2D eigenvalue weighted by atomic mass is 32.2. The maximum atomic E-state index is 9.78. The number of aliphatic hydroxyl groups is 1. The summed E-state index contributed by atoms with van der Waals surface area (Å²) >= 11 is 1.45. The van der Waals surface area contributed by atoms with Crippen molar-refractivity contribution in [3.05, 3.63) is 35.4 Å². The van der Waals surface area contributed by atoms with Crippen LogP contribution in [0.2, 0.25) is 0 Å². The first-order valence-corrected chi connectivity index (χ1v) is 9.88. The molecule has 1 aliphatic heterocycles. The van der Waals surface area contributed by atoms with E-state index in [0.717, 1.165) is 25.2 Å². The zero-order chi connectivity index (χ0) is 19.9. The highest BCUT2D eigenvalue weighted by Crippen LogP contribution is 2.36. The molecule has 1 aromatic heterocycles. The van der Waals surface area contributed by atoms with Crippen molar-refractivity contribution in [2.24, 2.45) is 0 Å². The number of nitrogens with two attached hydrogens (primary N) is 1. The van der Waals surface area contributed by atoms with Crippen LogP contribution in [0, 0.1) is 22.7 Å². The number of nitriles is 2. The number of hydrogen-bond acceptors (Lipinski definition) is 8. The number of ether oxygens (including phenoxy) is 2. The van der Waals surface area contributed by atoms with Gasteiger partial charge in [-0.15, -0.1) is 11.8 Å². The minimum absolute atomic E-state index is 0.0771. The summed E-state index contributed by atoms with van der Waals surface area (Å²) in [4.78, 5) is 4.30. The molecule has 2 heterocycles. The van der Waals surface area contributed by atoms with Crippen LogP contribution in [0.25, 0.3) is 11.1 Å². The van der Waals surface area contributed by atoms with Gasteiger partial charge in [0.2, 0.25) is 0 Å². The Morgan fingerprint density at radius 2 is 1.96 bits per heavy atom. The van der Waals surface area contributed by atoms with Gasteiger partial charge in [-0.1, -0.05) is 12.1 Å². The number of thioether (sulfide) groups is 1. The Hall–Kier alpha value is -2.78. The largest absolute Gasteiger partial charge is 0.491 e. The summed E-state index contributed by atoms with van der Waals surface area (Å²) in [6.45, 7) is 0.926. The quantitative estimate of drug-likeness (QED) is 0.653. The van der Waals surface area contributed by atoms with Crippen molar-refractivity contribution in [3.8, 4) is 29.0 Å². The van der Waals surface area contributed by atoms with E-state index in [2.05, 4.69) is 17.1 Å². The summed E-state index contributed by atoms with van der Waals surface area (Å²) in [6, 6.07) is 11.2. The lowest BCUT2D eigenvalue weighted by Gasteiger charge is -2.26. The van der Waals surface area contributed by atoms with Crippen LogP contribution in [0.1, 0.15) is 24.0 Å². The lowest BCUT2D eigenvalue weighted by molar-refractivity contribution is -0.0509. The van der Waals surface area contributed by atoms with Crippen LogP contribution in [0.5, 0.6) is 5.75 Å². The Balaban J connectivity index is 1.93. The molecule has 3 N–H and O–H groups in total.